The molecule has 2 atom stereocenters. The van der Waals surface area contributed by atoms with Crippen LogP contribution in [0, 0.1) is 0 Å². The van der Waals surface area contributed by atoms with E-state index in [2.05, 4.69) is 23.3 Å². The molecule has 1 rings (SSSR count). The number of carboxylic acid groups (broad SMARTS) is 1. The quantitative estimate of drug-likeness (QED) is 0.267. The van der Waals surface area contributed by atoms with Crippen molar-refractivity contribution in [2.75, 3.05) is 12.3 Å². The Labute approximate surface area is 164 Å². The van der Waals surface area contributed by atoms with Crippen LogP contribution in [0.2, 0.25) is 0 Å². The maximum Gasteiger partial charge on any atom is 0.408 e. The summed E-state index contributed by atoms with van der Waals surface area (Å²) in [5.74, 6) is -1.38. The smallest absolute Gasteiger partial charge is 0.408 e. The van der Waals surface area contributed by atoms with Crippen LogP contribution in [-0.4, -0.2) is 47.5 Å². The Morgan fingerprint density at radius 1 is 1.07 bits per heavy atom. The number of thiol groups is 1. The third kappa shape index (κ3) is 9.30. The van der Waals surface area contributed by atoms with E-state index in [4.69, 9.17) is 10.5 Å². The molecule has 9 heteroatoms. The molecule has 0 unspecified atom stereocenters. The summed E-state index contributed by atoms with van der Waals surface area (Å²) in [7, 11) is 0. The summed E-state index contributed by atoms with van der Waals surface area (Å²) in [6, 6.07) is 7.15. The van der Waals surface area contributed by atoms with Gasteiger partial charge in [-0.25, -0.2) is 9.59 Å². The van der Waals surface area contributed by atoms with Gasteiger partial charge in [-0.15, -0.1) is 0 Å². The SMILES string of the molecule is NCCCC[C@@H](NC(=O)[C@H](CCS)NC(=O)OCc1ccccc1)C(=O)O. The lowest BCUT2D eigenvalue weighted by molar-refractivity contribution is -0.142. The molecule has 0 saturated carbocycles. The lowest BCUT2D eigenvalue weighted by Crippen LogP contribution is -2.51. The highest BCUT2D eigenvalue weighted by Gasteiger charge is 2.26. The molecule has 0 radical (unpaired) electrons. The molecule has 150 valence electrons. The van der Waals surface area contributed by atoms with Crippen molar-refractivity contribution >= 4 is 30.6 Å². The number of carboxylic acids is 1. The molecule has 8 nitrogen and oxygen atoms in total. The van der Waals surface area contributed by atoms with E-state index in [1.165, 1.54) is 0 Å². The van der Waals surface area contributed by atoms with E-state index < -0.39 is 30.1 Å². The molecule has 0 aliphatic heterocycles. The number of carbonyl (C=O) groups excluding carboxylic acids is 2. The second kappa shape index (κ2) is 13.0. The second-order valence-corrected chi connectivity index (χ2v) is 6.40. The van der Waals surface area contributed by atoms with Crippen LogP contribution >= 0.6 is 12.6 Å². The number of nitrogens with two attached hydrogens (primary N) is 1. The summed E-state index contributed by atoms with van der Waals surface area (Å²) in [5.41, 5.74) is 6.21. The number of nitrogens with one attached hydrogen (secondary N) is 2. The van der Waals surface area contributed by atoms with Gasteiger partial charge in [-0.3, -0.25) is 4.79 Å². The number of unbranched alkanes of at least 4 members (excludes halogenated alkanes) is 1. The number of ether oxygens (including phenoxy) is 1. The highest BCUT2D eigenvalue weighted by molar-refractivity contribution is 7.80. The van der Waals surface area contributed by atoms with Gasteiger partial charge in [0.1, 0.15) is 18.7 Å². The minimum Gasteiger partial charge on any atom is -0.480 e. The molecule has 0 heterocycles. The average Bonchev–Trinajstić information content (AvgIpc) is 2.66. The number of hydrogen-bond acceptors (Lipinski definition) is 6. The molecule has 27 heavy (non-hydrogen) atoms. The summed E-state index contributed by atoms with van der Waals surface area (Å²) in [4.78, 5) is 35.7. The minimum absolute atomic E-state index is 0.0682. The van der Waals surface area contributed by atoms with Crippen molar-refractivity contribution in [3.05, 3.63) is 35.9 Å². The van der Waals surface area contributed by atoms with Gasteiger partial charge in [0.2, 0.25) is 5.91 Å². The van der Waals surface area contributed by atoms with Gasteiger partial charge >= 0.3 is 12.1 Å². The average molecular weight is 397 g/mol. The van der Waals surface area contributed by atoms with Crippen molar-refractivity contribution in [1.29, 1.82) is 0 Å². The van der Waals surface area contributed by atoms with Crippen molar-refractivity contribution in [3.8, 4) is 0 Å². The third-order valence-corrected chi connectivity index (χ3v) is 4.06. The van der Waals surface area contributed by atoms with Gasteiger partial charge < -0.3 is 26.2 Å². The van der Waals surface area contributed by atoms with E-state index in [9.17, 15) is 19.5 Å². The Morgan fingerprint density at radius 2 is 1.78 bits per heavy atom. The van der Waals surface area contributed by atoms with Crippen molar-refractivity contribution < 1.29 is 24.2 Å². The summed E-state index contributed by atoms with van der Waals surface area (Å²) in [5, 5.41) is 14.2. The van der Waals surface area contributed by atoms with Gasteiger partial charge in [0.15, 0.2) is 0 Å². The van der Waals surface area contributed by atoms with Crippen LogP contribution in [0.5, 0.6) is 0 Å². The maximum atomic E-state index is 12.4. The lowest BCUT2D eigenvalue weighted by atomic mass is 10.1. The molecule has 1 aromatic carbocycles. The van der Waals surface area contributed by atoms with Crippen LogP contribution in [0.25, 0.3) is 0 Å². The number of hydrogen-bond donors (Lipinski definition) is 5. The minimum atomic E-state index is -1.13. The fraction of sp³-hybridized carbons (Fsp3) is 0.500. The number of benzene rings is 1. The van der Waals surface area contributed by atoms with Crippen LogP contribution in [-0.2, 0) is 20.9 Å². The van der Waals surface area contributed by atoms with Gasteiger partial charge in [0.05, 0.1) is 0 Å². The molecular weight excluding hydrogens is 370 g/mol. The predicted molar refractivity (Wildman–Crippen MR) is 104 cm³/mol. The molecule has 0 fully saturated rings. The van der Waals surface area contributed by atoms with Gasteiger partial charge in [-0.05, 0) is 43.5 Å². The Morgan fingerprint density at radius 3 is 2.37 bits per heavy atom. The lowest BCUT2D eigenvalue weighted by Gasteiger charge is -2.21. The zero-order chi connectivity index (χ0) is 20.1. The first kappa shape index (κ1) is 22.8. The van der Waals surface area contributed by atoms with E-state index in [1.807, 2.05) is 30.3 Å². The van der Waals surface area contributed by atoms with Crippen LogP contribution in [0.3, 0.4) is 0 Å². The molecule has 0 spiro atoms. The first-order valence-electron chi connectivity index (χ1n) is 8.79. The van der Waals surface area contributed by atoms with Gasteiger partial charge in [-0.2, -0.15) is 12.6 Å². The molecular formula is C18H27N3O5S. The number of rotatable bonds is 12. The van der Waals surface area contributed by atoms with Gasteiger partial charge in [0.25, 0.3) is 0 Å². The van der Waals surface area contributed by atoms with Crippen LogP contribution in [0.4, 0.5) is 4.79 Å². The maximum absolute atomic E-state index is 12.4. The van der Waals surface area contributed by atoms with Crippen molar-refractivity contribution in [1.82, 2.24) is 10.6 Å². The van der Waals surface area contributed by atoms with Crippen LogP contribution in [0.1, 0.15) is 31.2 Å². The third-order valence-electron chi connectivity index (χ3n) is 3.80. The monoisotopic (exact) mass is 397 g/mol. The first-order chi connectivity index (χ1) is 13.0. The molecule has 0 aliphatic rings. The van der Waals surface area contributed by atoms with Gasteiger partial charge in [0, 0.05) is 0 Å². The van der Waals surface area contributed by atoms with Crippen molar-refractivity contribution in [3.63, 3.8) is 0 Å². The summed E-state index contributed by atoms with van der Waals surface area (Å²) >= 11 is 4.08. The molecule has 5 N–H and O–H groups in total. The Balaban J connectivity index is 2.57. The molecule has 0 saturated heterocycles. The van der Waals surface area contributed by atoms with Crippen molar-refractivity contribution in [2.24, 2.45) is 5.73 Å². The first-order valence-corrected chi connectivity index (χ1v) is 9.42. The molecule has 0 aromatic heterocycles. The molecule has 0 bridgehead atoms. The predicted octanol–water partition coefficient (Wildman–Crippen LogP) is 1.30. The summed E-state index contributed by atoms with van der Waals surface area (Å²) < 4.78 is 5.10. The van der Waals surface area contributed by atoms with E-state index >= 15 is 0 Å². The normalized spacial score (nSPS) is 12.7. The Bertz CT molecular complexity index is 600. The fourth-order valence-electron chi connectivity index (χ4n) is 2.33. The summed E-state index contributed by atoms with van der Waals surface area (Å²) in [6.07, 6.45) is 1.01. The summed E-state index contributed by atoms with van der Waals surface area (Å²) in [6.45, 7) is 0.524. The number of amides is 2. The van der Waals surface area contributed by atoms with Crippen LogP contribution in [0.15, 0.2) is 30.3 Å². The Kier molecular flexibility index (Phi) is 11.0. The second-order valence-electron chi connectivity index (χ2n) is 5.95. The zero-order valence-electron chi connectivity index (χ0n) is 15.1. The number of aliphatic carboxylic acids is 1. The molecule has 0 aliphatic carbocycles. The molecule has 2 amide bonds. The van der Waals surface area contributed by atoms with Crippen LogP contribution < -0.4 is 16.4 Å². The highest BCUT2D eigenvalue weighted by atomic mass is 32.1. The highest BCUT2D eigenvalue weighted by Crippen LogP contribution is 2.05. The number of carbonyl (C=O) groups is 3. The van der Waals surface area contributed by atoms with E-state index in [0.717, 1.165) is 5.56 Å². The van der Waals surface area contributed by atoms with Crippen molar-refractivity contribution in [2.45, 2.75) is 44.4 Å². The number of alkyl carbamates (subject to hydrolysis) is 1. The van der Waals surface area contributed by atoms with E-state index in [1.54, 1.807) is 0 Å². The fourth-order valence-corrected chi connectivity index (χ4v) is 2.59. The standard InChI is InChI=1S/C18H27N3O5S/c19-10-5-4-8-15(17(23)24)20-16(22)14(9-11-27)21-18(25)26-12-13-6-2-1-3-7-13/h1-3,6-7,14-15,27H,4-5,8-12,19H2,(H,20,22)(H,21,25)(H,23,24)/t14-,15+/m0/s1. The largest absolute Gasteiger partial charge is 0.480 e. The van der Waals surface area contributed by atoms with E-state index in [-0.39, 0.29) is 19.4 Å². The topological polar surface area (TPSA) is 131 Å². The zero-order valence-corrected chi connectivity index (χ0v) is 16.0. The van der Waals surface area contributed by atoms with E-state index in [0.29, 0.717) is 25.1 Å². The van der Waals surface area contributed by atoms with Gasteiger partial charge in [-0.1, -0.05) is 30.3 Å². The molecule has 1 aromatic rings. The Hall–Kier alpha value is -2.26.